The monoisotopic (exact) mass is 420 g/mol. The van der Waals surface area contributed by atoms with Gasteiger partial charge in [-0.1, -0.05) is 18.2 Å². The van der Waals surface area contributed by atoms with Crippen LogP contribution in [0.3, 0.4) is 0 Å². The summed E-state index contributed by atoms with van der Waals surface area (Å²) in [6.07, 6.45) is 5.37. The number of para-hydroxylation sites is 1. The second kappa shape index (κ2) is 10.4. The first kappa shape index (κ1) is 21.4. The van der Waals surface area contributed by atoms with Crippen molar-refractivity contribution in [3.8, 4) is 0 Å². The molecule has 6 nitrogen and oxygen atoms in total. The van der Waals surface area contributed by atoms with Crippen molar-refractivity contribution in [2.45, 2.75) is 32.1 Å². The molecular formula is C25H32N4O2. The zero-order valence-electron chi connectivity index (χ0n) is 18.1. The Balaban J connectivity index is 1.20. The van der Waals surface area contributed by atoms with E-state index in [-0.39, 0.29) is 17.7 Å². The van der Waals surface area contributed by atoms with Gasteiger partial charge in [0.1, 0.15) is 0 Å². The van der Waals surface area contributed by atoms with Crippen LogP contribution in [0.2, 0.25) is 0 Å². The van der Waals surface area contributed by atoms with Gasteiger partial charge in [0.25, 0.3) is 0 Å². The molecule has 2 aromatic carbocycles. The van der Waals surface area contributed by atoms with Crippen molar-refractivity contribution in [2.24, 2.45) is 5.92 Å². The van der Waals surface area contributed by atoms with Gasteiger partial charge in [0.15, 0.2) is 0 Å². The molecule has 31 heavy (non-hydrogen) atoms. The van der Waals surface area contributed by atoms with Crippen LogP contribution in [-0.2, 0) is 9.59 Å². The molecule has 0 aliphatic carbocycles. The third-order valence-electron chi connectivity index (χ3n) is 6.24. The summed E-state index contributed by atoms with van der Waals surface area (Å²) in [5.74, 6) is 0.0730. The minimum absolute atomic E-state index is 0.00171. The molecule has 2 aliphatic rings. The molecule has 0 saturated carbocycles. The predicted octanol–water partition coefficient (Wildman–Crippen LogP) is 3.97. The van der Waals surface area contributed by atoms with Gasteiger partial charge in [0.2, 0.25) is 11.8 Å². The lowest BCUT2D eigenvalue weighted by atomic mass is 9.96. The van der Waals surface area contributed by atoms with Crippen LogP contribution in [0.1, 0.15) is 32.1 Å². The second-order valence-corrected chi connectivity index (χ2v) is 8.55. The number of anilines is 3. The van der Waals surface area contributed by atoms with Crippen molar-refractivity contribution in [2.75, 3.05) is 48.3 Å². The summed E-state index contributed by atoms with van der Waals surface area (Å²) in [4.78, 5) is 29.5. The predicted molar refractivity (Wildman–Crippen MR) is 125 cm³/mol. The molecule has 0 radical (unpaired) electrons. The Hall–Kier alpha value is -2.86. The number of amides is 2. The van der Waals surface area contributed by atoms with Crippen LogP contribution in [0.4, 0.5) is 17.1 Å². The van der Waals surface area contributed by atoms with E-state index in [2.05, 4.69) is 32.6 Å². The third-order valence-corrected chi connectivity index (χ3v) is 6.24. The van der Waals surface area contributed by atoms with Crippen LogP contribution >= 0.6 is 0 Å². The Morgan fingerprint density at radius 2 is 1.42 bits per heavy atom. The molecule has 0 spiro atoms. The lowest BCUT2D eigenvalue weighted by molar-refractivity contribution is -0.121. The smallest absolute Gasteiger partial charge is 0.238 e. The van der Waals surface area contributed by atoms with Gasteiger partial charge in [-0.3, -0.25) is 14.5 Å². The largest absolute Gasteiger partial charge is 0.372 e. The average Bonchev–Trinajstić information content (AvgIpc) is 2.81. The second-order valence-electron chi connectivity index (χ2n) is 8.55. The van der Waals surface area contributed by atoms with Gasteiger partial charge < -0.3 is 15.5 Å². The number of nitrogens with one attached hydrogen (secondary N) is 2. The molecule has 0 aromatic heterocycles. The van der Waals surface area contributed by atoms with E-state index in [1.807, 2.05) is 42.5 Å². The maximum absolute atomic E-state index is 12.5. The number of likely N-dealkylation sites (tertiary alicyclic amines) is 1. The Morgan fingerprint density at radius 1 is 0.774 bits per heavy atom. The van der Waals surface area contributed by atoms with Crippen molar-refractivity contribution >= 4 is 28.9 Å². The molecule has 164 valence electrons. The topological polar surface area (TPSA) is 64.7 Å². The summed E-state index contributed by atoms with van der Waals surface area (Å²) >= 11 is 0. The van der Waals surface area contributed by atoms with Crippen LogP contribution in [0, 0.1) is 5.92 Å². The quantitative estimate of drug-likeness (QED) is 0.742. The van der Waals surface area contributed by atoms with Crippen molar-refractivity contribution in [3.05, 3.63) is 54.6 Å². The number of carbonyl (C=O) groups excluding carboxylic acids is 2. The highest BCUT2D eigenvalue weighted by atomic mass is 16.2. The fourth-order valence-corrected chi connectivity index (χ4v) is 4.43. The van der Waals surface area contributed by atoms with Gasteiger partial charge in [0.05, 0.1) is 6.54 Å². The molecule has 0 bridgehead atoms. The molecule has 0 unspecified atom stereocenters. The fourth-order valence-electron chi connectivity index (χ4n) is 4.43. The molecule has 2 fully saturated rings. The van der Waals surface area contributed by atoms with Crippen molar-refractivity contribution in [3.63, 3.8) is 0 Å². The van der Waals surface area contributed by atoms with E-state index < -0.39 is 0 Å². The standard InChI is InChI=1S/C25H32N4O2/c30-24(26-22-9-11-23(12-10-22)29-15-5-2-6-16-29)19-28-17-13-20(14-18-28)25(31)27-21-7-3-1-4-8-21/h1,3-4,7-12,20H,2,5-6,13-19H2,(H,26,30)(H,27,31). The van der Waals surface area contributed by atoms with Gasteiger partial charge in [0, 0.05) is 36.1 Å². The minimum atomic E-state index is -0.00194. The van der Waals surface area contributed by atoms with Crippen molar-refractivity contribution in [1.82, 2.24) is 4.90 Å². The maximum atomic E-state index is 12.5. The molecule has 2 N–H and O–H groups in total. The number of nitrogens with zero attached hydrogens (tertiary/aromatic N) is 2. The van der Waals surface area contributed by atoms with Gasteiger partial charge in [-0.25, -0.2) is 0 Å². The Morgan fingerprint density at radius 3 is 2.10 bits per heavy atom. The van der Waals surface area contributed by atoms with Crippen LogP contribution in [-0.4, -0.2) is 49.4 Å². The third kappa shape index (κ3) is 6.07. The van der Waals surface area contributed by atoms with Crippen molar-refractivity contribution in [1.29, 1.82) is 0 Å². The van der Waals surface area contributed by atoms with Gasteiger partial charge >= 0.3 is 0 Å². The number of piperidine rings is 2. The first-order valence-electron chi connectivity index (χ1n) is 11.4. The molecule has 2 saturated heterocycles. The molecule has 2 aliphatic heterocycles. The Bertz CT molecular complexity index is 855. The van der Waals surface area contributed by atoms with E-state index in [4.69, 9.17) is 0 Å². The molecule has 0 atom stereocenters. The lowest BCUT2D eigenvalue weighted by Gasteiger charge is -2.30. The summed E-state index contributed by atoms with van der Waals surface area (Å²) in [6.45, 7) is 4.11. The number of hydrogen-bond acceptors (Lipinski definition) is 4. The van der Waals surface area contributed by atoms with E-state index in [1.165, 1.54) is 24.9 Å². The molecule has 2 heterocycles. The lowest BCUT2D eigenvalue weighted by Crippen LogP contribution is -2.41. The highest BCUT2D eigenvalue weighted by Gasteiger charge is 2.26. The zero-order chi connectivity index (χ0) is 21.5. The molecular weight excluding hydrogens is 388 g/mol. The molecule has 2 amide bonds. The molecule has 4 rings (SSSR count). The number of rotatable bonds is 6. The van der Waals surface area contributed by atoms with E-state index in [0.29, 0.717) is 6.54 Å². The Labute approximate surface area is 184 Å². The summed E-state index contributed by atoms with van der Waals surface area (Å²) in [5, 5.41) is 6.00. The van der Waals surface area contributed by atoms with E-state index in [0.717, 1.165) is 50.4 Å². The minimum Gasteiger partial charge on any atom is -0.372 e. The van der Waals surface area contributed by atoms with Crippen LogP contribution in [0.15, 0.2) is 54.6 Å². The first-order chi connectivity index (χ1) is 15.2. The van der Waals surface area contributed by atoms with E-state index >= 15 is 0 Å². The normalized spacial score (nSPS) is 17.9. The van der Waals surface area contributed by atoms with Crippen LogP contribution < -0.4 is 15.5 Å². The van der Waals surface area contributed by atoms with Gasteiger partial charge in [-0.15, -0.1) is 0 Å². The van der Waals surface area contributed by atoms with Gasteiger partial charge in [-0.2, -0.15) is 0 Å². The first-order valence-corrected chi connectivity index (χ1v) is 11.4. The van der Waals surface area contributed by atoms with Crippen LogP contribution in [0.5, 0.6) is 0 Å². The Kier molecular flexibility index (Phi) is 7.20. The SMILES string of the molecule is O=C(CN1CCC(C(=O)Nc2ccccc2)CC1)Nc1ccc(N2CCCCC2)cc1. The highest BCUT2D eigenvalue weighted by Crippen LogP contribution is 2.22. The average molecular weight is 421 g/mol. The number of carbonyl (C=O) groups is 2. The number of benzene rings is 2. The highest BCUT2D eigenvalue weighted by molar-refractivity contribution is 5.93. The van der Waals surface area contributed by atoms with Gasteiger partial charge in [-0.05, 0) is 81.6 Å². The summed E-state index contributed by atoms with van der Waals surface area (Å²) in [6, 6.07) is 17.7. The summed E-state index contributed by atoms with van der Waals surface area (Å²) in [7, 11) is 0. The maximum Gasteiger partial charge on any atom is 0.238 e. The molecule has 6 heteroatoms. The zero-order valence-corrected chi connectivity index (χ0v) is 18.1. The summed E-state index contributed by atoms with van der Waals surface area (Å²) < 4.78 is 0. The van der Waals surface area contributed by atoms with E-state index in [1.54, 1.807) is 0 Å². The summed E-state index contributed by atoms with van der Waals surface area (Å²) in [5.41, 5.74) is 2.90. The molecule has 2 aromatic rings. The number of hydrogen-bond donors (Lipinski definition) is 2. The van der Waals surface area contributed by atoms with Crippen LogP contribution in [0.25, 0.3) is 0 Å². The van der Waals surface area contributed by atoms with E-state index in [9.17, 15) is 9.59 Å². The fraction of sp³-hybridized carbons (Fsp3) is 0.440. The van der Waals surface area contributed by atoms with Crippen molar-refractivity contribution < 1.29 is 9.59 Å².